The van der Waals surface area contributed by atoms with Crippen molar-refractivity contribution in [3.05, 3.63) is 51.5 Å². The zero-order valence-corrected chi connectivity index (χ0v) is 13.3. The van der Waals surface area contributed by atoms with Crippen LogP contribution in [0.2, 0.25) is 5.02 Å². The number of halogens is 2. The van der Waals surface area contributed by atoms with Crippen LogP contribution in [0.15, 0.2) is 40.9 Å². The Balaban J connectivity index is 2.11. The van der Waals surface area contributed by atoms with Crippen LogP contribution in [0.1, 0.15) is 12.5 Å². The molecule has 20 heavy (non-hydrogen) atoms. The third kappa shape index (κ3) is 3.81. The quantitative estimate of drug-likeness (QED) is 0.807. The van der Waals surface area contributed by atoms with Gasteiger partial charge in [-0.25, -0.2) is 0 Å². The fourth-order valence-electron chi connectivity index (χ4n) is 1.77. The Bertz CT molecular complexity index is 587. The molecule has 0 saturated heterocycles. The highest BCUT2D eigenvalue weighted by Crippen LogP contribution is 2.35. The molecule has 2 aromatic rings. The SMILES string of the molecule is CCOc1cc(CNc2ccc(Cl)cc2)cc(Br)c1O. The Hall–Kier alpha value is -1.39. The maximum absolute atomic E-state index is 9.86. The molecule has 0 aliphatic carbocycles. The molecule has 2 rings (SSSR count). The van der Waals surface area contributed by atoms with Crippen LogP contribution < -0.4 is 10.1 Å². The van der Waals surface area contributed by atoms with Gasteiger partial charge in [0, 0.05) is 17.3 Å². The van der Waals surface area contributed by atoms with E-state index in [4.69, 9.17) is 16.3 Å². The fourth-order valence-corrected chi connectivity index (χ4v) is 2.38. The number of rotatable bonds is 5. The average molecular weight is 357 g/mol. The molecule has 2 aromatic carbocycles. The Labute approximate surface area is 131 Å². The lowest BCUT2D eigenvalue weighted by atomic mass is 10.2. The number of hydrogen-bond donors (Lipinski definition) is 2. The third-order valence-corrected chi connectivity index (χ3v) is 3.59. The van der Waals surface area contributed by atoms with Crippen LogP contribution in [-0.4, -0.2) is 11.7 Å². The van der Waals surface area contributed by atoms with E-state index in [0.717, 1.165) is 11.3 Å². The molecule has 0 fully saturated rings. The van der Waals surface area contributed by atoms with Crippen LogP contribution >= 0.6 is 27.5 Å². The van der Waals surface area contributed by atoms with Crippen molar-refractivity contribution in [1.82, 2.24) is 0 Å². The van der Waals surface area contributed by atoms with E-state index < -0.39 is 0 Å². The molecule has 0 aliphatic heterocycles. The van der Waals surface area contributed by atoms with Gasteiger partial charge in [-0.2, -0.15) is 0 Å². The molecular formula is C15H15BrClNO2. The van der Waals surface area contributed by atoms with E-state index in [1.807, 2.05) is 43.3 Å². The van der Waals surface area contributed by atoms with Crippen LogP contribution in [0.3, 0.4) is 0 Å². The minimum Gasteiger partial charge on any atom is -0.503 e. The lowest BCUT2D eigenvalue weighted by molar-refractivity contribution is 0.317. The molecular weight excluding hydrogens is 342 g/mol. The summed E-state index contributed by atoms with van der Waals surface area (Å²) in [5, 5.41) is 13.9. The number of benzene rings is 2. The second-order valence-corrected chi connectivity index (χ2v) is 5.51. The minimum absolute atomic E-state index is 0.127. The molecule has 0 aromatic heterocycles. The first-order valence-electron chi connectivity index (χ1n) is 6.23. The maximum Gasteiger partial charge on any atom is 0.172 e. The third-order valence-electron chi connectivity index (χ3n) is 2.73. The fraction of sp³-hybridized carbons (Fsp3) is 0.200. The summed E-state index contributed by atoms with van der Waals surface area (Å²) in [7, 11) is 0. The summed E-state index contributed by atoms with van der Waals surface area (Å²) in [6, 6.07) is 11.2. The number of hydrogen-bond acceptors (Lipinski definition) is 3. The Kier molecular flexibility index (Phi) is 5.15. The predicted molar refractivity (Wildman–Crippen MR) is 85.8 cm³/mol. The van der Waals surface area contributed by atoms with Gasteiger partial charge in [0.2, 0.25) is 0 Å². The topological polar surface area (TPSA) is 41.5 Å². The van der Waals surface area contributed by atoms with Gasteiger partial charge in [-0.15, -0.1) is 0 Å². The van der Waals surface area contributed by atoms with Gasteiger partial charge in [0.25, 0.3) is 0 Å². The molecule has 0 radical (unpaired) electrons. The maximum atomic E-state index is 9.86. The molecule has 0 heterocycles. The molecule has 0 aliphatic rings. The summed E-state index contributed by atoms with van der Waals surface area (Å²) in [6.45, 7) is 3.01. The highest BCUT2D eigenvalue weighted by Gasteiger charge is 2.09. The molecule has 2 N–H and O–H groups in total. The average Bonchev–Trinajstić information content (AvgIpc) is 2.44. The molecule has 0 atom stereocenters. The zero-order chi connectivity index (χ0) is 14.5. The number of phenols is 1. The number of ether oxygens (including phenoxy) is 1. The van der Waals surface area contributed by atoms with Crippen molar-refractivity contribution in [2.45, 2.75) is 13.5 Å². The second-order valence-electron chi connectivity index (χ2n) is 4.22. The molecule has 0 unspecified atom stereocenters. The van der Waals surface area contributed by atoms with Crippen molar-refractivity contribution in [2.24, 2.45) is 0 Å². The van der Waals surface area contributed by atoms with Crippen molar-refractivity contribution in [1.29, 1.82) is 0 Å². The van der Waals surface area contributed by atoms with Gasteiger partial charge >= 0.3 is 0 Å². The molecule has 5 heteroatoms. The highest BCUT2D eigenvalue weighted by atomic mass is 79.9. The van der Waals surface area contributed by atoms with Gasteiger partial charge in [0.05, 0.1) is 11.1 Å². The van der Waals surface area contributed by atoms with Gasteiger partial charge in [-0.3, -0.25) is 0 Å². The number of anilines is 1. The van der Waals surface area contributed by atoms with Crippen molar-refractivity contribution in [3.63, 3.8) is 0 Å². The molecule has 0 bridgehead atoms. The van der Waals surface area contributed by atoms with Crippen LogP contribution in [0, 0.1) is 0 Å². The van der Waals surface area contributed by atoms with E-state index in [9.17, 15) is 5.11 Å². The van der Waals surface area contributed by atoms with Crippen LogP contribution in [0.5, 0.6) is 11.5 Å². The molecule has 0 spiro atoms. The minimum atomic E-state index is 0.127. The molecule has 0 amide bonds. The van der Waals surface area contributed by atoms with Crippen molar-refractivity contribution in [3.8, 4) is 11.5 Å². The number of nitrogens with one attached hydrogen (secondary N) is 1. The Morgan fingerprint density at radius 1 is 1.25 bits per heavy atom. The summed E-state index contributed by atoms with van der Waals surface area (Å²) in [4.78, 5) is 0. The summed E-state index contributed by atoms with van der Waals surface area (Å²) in [5.41, 5.74) is 1.99. The van der Waals surface area contributed by atoms with Crippen LogP contribution in [0.4, 0.5) is 5.69 Å². The van der Waals surface area contributed by atoms with Gasteiger partial charge < -0.3 is 15.2 Å². The summed E-state index contributed by atoms with van der Waals surface area (Å²) in [6.07, 6.45) is 0. The number of phenolic OH excluding ortho intramolecular Hbond substituents is 1. The van der Waals surface area contributed by atoms with E-state index in [-0.39, 0.29) is 5.75 Å². The van der Waals surface area contributed by atoms with Gasteiger partial charge in [0.1, 0.15) is 0 Å². The first-order valence-corrected chi connectivity index (χ1v) is 7.41. The van der Waals surface area contributed by atoms with Crippen molar-refractivity contribution >= 4 is 33.2 Å². The monoisotopic (exact) mass is 355 g/mol. The smallest absolute Gasteiger partial charge is 0.172 e. The summed E-state index contributed by atoms with van der Waals surface area (Å²) < 4.78 is 6.02. The summed E-state index contributed by atoms with van der Waals surface area (Å²) in [5.74, 6) is 0.608. The normalized spacial score (nSPS) is 10.3. The Morgan fingerprint density at radius 3 is 2.60 bits per heavy atom. The van der Waals surface area contributed by atoms with Gasteiger partial charge in [0.15, 0.2) is 11.5 Å². The highest BCUT2D eigenvalue weighted by molar-refractivity contribution is 9.10. The van der Waals surface area contributed by atoms with Crippen LogP contribution in [0.25, 0.3) is 0 Å². The van der Waals surface area contributed by atoms with Crippen molar-refractivity contribution in [2.75, 3.05) is 11.9 Å². The number of aromatic hydroxyl groups is 1. The zero-order valence-electron chi connectivity index (χ0n) is 11.0. The summed E-state index contributed by atoms with van der Waals surface area (Å²) >= 11 is 9.17. The molecule has 0 saturated carbocycles. The standard InChI is InChI=1S/C15H15BrClNO2/c1-2-20-14-8-10(7-13(16)15(14)19)9-18-12-5-3-11(17)4-6-12/h3-8,18-19H,2,9H2,1H3. The lowest BCUT2D eigenvalue weighted by Gasteiger charge is -2.12. The second kappa shape index (κ2) is 6.86. The molecule has 3 nitrogen and oxygen atoms in total. The van der Waals surface area contributed by atoms with E-state index in [1.165, 1.54) is 0 Å². The molecule has 106 valence electrons. The first kappa shape index (κ1) is 15.0. The van der Waals surface area contributed by atoms with Gasteiger partial charge in [-0.1, -0.05) is 11.6 Å². The first-order chi connectivity index (χ1) is 9.60. The van der Waals surface area contributed by atoms with Gasteiger partial charge in [-0.05, 0) is 64.8 Å². The predicted octanol–water partition coefficient (Wildman–Crippen LogP) is 4.82. The lowest BCUT2D eigenvalue weighted by Crippen LogP contribution is -2.01. The van der Waals surface area contributed by atoms with Crippen LogP contribution in [-0.2, 0) is 6.54 Å². The Morgan fingerprint density at radius 2 is 1.95 bits per heavy atom. The van der Waals surface area contributed by atoms with E-state index in [0.29, 0.717) is 28.4 Å². The van der Waals surface area contributed by atoms with E-state index >= 15 is 0 Å². The largest absolute Gasteiger partial charge is 0.503 e. The van der Waals surface area contributed by atoms with E-state index in [2.05, 4.69) is 21.2 Å². The van der Waals surface area contributed by atoms with E-state index in [1.54, 1.807) is 0 Å². The van der Waals surface area contributed by atoms with Crippen molar-refractivity contribution < 1.29 is 9.84 Å².